The van der Waals surface area contributed by atoms with Crippen LogP contribution in [0, 0.1) is 0 Å². The molecule has 0 amide bonds. The van der Waals surface area contributed by atoms with Gasteiger partial charge in [0.15, 0.2) is 17.5 Å². The fourth-order valence-electron chi connectivity index (χ4n) is 7.29. The van der Waals surface area contributed by atoms with E-state index in [-0.39, 0.29) is 0 Å². The standard InChI is InChI=1S/C49H31N3S/c1-2-12-32(13-3-1)33-26-28-34(29-27-33)36-16-8-17-37(30-36)38-18-9-19-39(31-38)47-50-48(43-23-10-15-35-14-4-5-20-40(35)43)52-49(51-47)44-24-11-22-42-41-21-6-7-25-45(41)53-46(42)44/h1-31H. The monoisotopic (exact) mass is 693 g/mol. The lowest BCUT2D eigenvalue weighted by Crippen LogP contribution is -2.00. The van der Waals surface area contributed by atoms with Crippen molar-refractivity contribution >= 4 is 42.3 Å². The first-order chi connectivity index (χ1) is 26.2. The van der Waals surface area contributed by atoms with Crippen molar-refractivity contribution in [2.45, 2.75) is 0 Å². The molecule has 53 heavy (non-hydrogen) atoms. The van der Waals surface area contributed by atoms with Crippen molar-refractivity contribution in [1.29, 1.82) is 0 Å². The fourth-order valence-corrected chi connectivity index (χ4v) is 8.50. The highest BCUT2D eigenvalue weighted by molar-refractivity contribution is 7.26. The van der Waals surface area contributed by atoms with Crippen molar-refractivity contribution in [3.63, 3.8) is 0 Å². The lowest BCUT2D eigenvalue weighted by molar-refractivity contribution is 1.08. The van der Waals surface area contributed by atoms with Crippen LogP contribution in [0.5, 0.6) is 0 Å². The fraction of sp³-hybridized carbons (Fsp3) is 0. The summed E-state index contributed by atoms with van der Waals surface area (Å²) in [5.41, 5.74) is 9.95. The Labute approximate surface area is 311 Å². The Balaban J connectivity index is 1.09. The third kappa shape index (κ3) is 5.76. The van der Waals surface area contributed by atoms with Crippen LogP contribution in [-0.4, -0.2) is 15.0 Å². The van der Waals surface area contributed by atoms with Gasteiger partial charge in [-0.3, -0.25) is 0 Å². The number of hydrogen-bond donors (Lipinski definition) is 0. The number of thiophene rings is 1. The van der Waals surface area contributed by atoms with E-state index in [1.54, 1.807) is 11.3 Å². The summed E-state index contributed by atoms with van der Waals surface area (Å²) < 4.78 is 2.43. The lowest BCUT2D eigenvalue weighted by Gasteiger charge is -2.12. The summed E-state index contributed by atoms with van der Waals surface area (Å²) in [7, 11) is 0. The SMILES string of the molecule is c1ccc(-c2ccc(-c3cccc(-c4cccc(-c5nc(-c6cccc7ccccc67)nc(-c6cccc7c6sc6ccccc67)n5)c4)c3)cc2)cc1. The molecule has 0 saturated heterocycles. The van der Waals surface area contributed by atoms with Gasteiger partial charge in [0.25, 0.3) is 0 Å². The van der Waals surface area contributed by atoms with E-state index in [0.29, 0.717) is 17.5 Å². The molecule has 0 spiro atoms. The molecule has 0 fully saturated rings. The Morgan fingerprint density at radius 1 is 0.302 bits per heavy atom. The van der Waals surface area contributed by atoms with Gasteiger partial charge in [-0.15, -0.1) is 11.3 Å². The first kappa shape index (κ1) is 31.0. The third-order valence-corrected chi connectivity index (χ3v) is 11.2. The molecule has 0 aliphatic heterocycles. The van der Waals surface area contributed by atoms with Gasteiger partial charge < -0.3 is 0 Å². The topological polar surface area (TPSA) is 38.7 Å². The molecule has 2 aromatic heterocycles. The molecule has 0 atom stereocenters. The second-order valence-electron chi connectivity index (χ2n) is 13.2. The Morgan fingerprint density at radius 2 is 0.774 bits per heavy atom. The van der Waals surface area contributed by atoms with Gasteiger partial charge >= 0.3 is 0 Å². The van der Waals surface area contributed by atoms with Crippen LogP contribution in [-0.2, 0) is 0 Å². The Kier molecular flexibility index (Phi) is 7.67. The van der Waals surface area contributed by atoms with Crippen LogP contribution in [0.15, 0.2) is 188 Å². The molecule has 0 bridgehead atoms. The minimum Gasteiger partial charge on any atom is -0.208 e. The predicted octanol–water partition coefficient (Wildman–Crippen LogP) is 13.4. The molecule has 0 aliphatic carbocycles. The molecule has 2 heterocycles. The van der Waals surface area contributed by atoms with Gasteiger partial charge in [-0.05, 0) is 68.4 Å². The quantitative estimate of drug-likeness (QED) is 0.174. The van der Waals surface area contributed by atoms with Crippen molar-refractivity contribution in [1.82, 2.24) is 15.0 Å². The summed E-state index contributed by atoms with van der Waals surface area (Å²) in [5, 5.41) is 4.73. The number of aromatic nitrogens is 3. The Bertz CT molecular complexity index is 2940. The number of rotatable bonds is 6. The average Bonchev–Trinajstić information content (AvgIpc) is 3.63. The number of benzene rings is 8. The number of fused-ring (bicyclic) bond motifs is 4. The average molecular weight is 694 g/mol. The molecule has 0 unspecified atom stereocenters. The zero-order valence-electron chi connectivity index (χ0n) is 28.6. The summed E-state index contributed by atoms with van der Waals surface area (Å²) >= 11 is 1.79. The summed E-state index contributed by atoms with van der Waals surface area (Å²) in [5.74, 6) is 1.97. The van der Waals surface area contributed by atoms with Crippen LogP contribution in [0.4, 0.5) is 0 Å². The molecular formula is C49H31N3S. The number of hydrogen-bond acceptors (Lipinski definition) is 4. The largest absolute Gasteiger partial charge is 0.208 e. The molecule has 10 aromatic rings. The van der Waals surface area contributed by atoms with Gasteiger partial charge in [-0.1, -0.05) is 164 Å². The van der Waals surface area contributed by atoms with E-state index in [9.17, 15) is 0 Å². The normalized spacial score (nSPS) is 11.4. The summed E-state index contributed by atoms with van der Waals surface area (Å²) in [6.07, 6.45) is 0. The van der Waals surface area contributed by atoms with E-state index in [4.69, 9.17) is 15.0 Å². The third-order valence-electron chi connectivity index (χ3n) is 9.95. The summed E-state index contributed by atoms with van der Waals surface area (Å²) in [6.45, 7) is 0. The van der Waals surface area contributed by atoms with E-state index < -0.39 is 0 Å². The van der Waals surface area contributed by atoms with E-state index >= 15 is 0 Å². The molecular weight excluding hydrogens is 663 g/mol. The van der Waals surface area contributed by atoms with Crippen molar-refractivity contribution in [2.75, 3.05) is 0 Å². The highest BCUT2D eigenvalue weighted by Gasteiger charge is 2.18. The van der Waals surface area contributed by atoms with Crippen LogP contribution in [0.2, 0.25) is 0 Å². The van der Waals surface area contributed by atoms with Gasteiger partial charge in [-0.25, -0.2) is 15.0 Å². The van der Waals surface area contributed by atoms with Crippen LogP contribution in [0.25, 0.3) is 98.5 Å². The minimum absolute atomic E-state index is 0.644. The molecule has 0 radical (unpaired) electrons. The second kappa shape index (κ2) is 13.1. The van der Waals surface area contributed by atoms with Crippen LogP contribution in [0.1, 0.15) is 0 Å². The Hall–Kier alpha value is -6.75. The molecule has 248 valence electrons. The van der Waals surface area contributed by atoms with Crippen molar-refractivity contribution in [3.05, 3.63) is 188 Å². The zero-order valence-corrected chi connectivity index (χ0v) is 29.5. The number of nitrogens with zero attached hydrogens (tertiary/aromatic N) is 3. The highest BCUT2D eigenvalue weighted by atomic mass is 32.1. The van der Waals surface area contributed by atoms with Crippen molar-refractivity contribution in [2.24, 2.45) is 0 Å². The van der Waals surface area contributed by atoms with E-state index in [1.165, 1.54) is 42.4 Å². The van der Waals surface area contributed by atoms with Gasteiger partial charge in [0.05, 0.1) is 0 Å². The molecule has 10 rings (SSSR count). The molecule has 4 heteroatoms. The van der Waals surface area contributed by atoms with E-state index in [2.05, 4.69) is 188 Å². The van der Waals surface area contributed by atoms with E-state index in [0.717, 1.165) is 38.6 Å². The van der Waals surface area contributed by atoms with Gasteiger partial charge in [0.1, 0.15) is 0 Å². The molecule has 3 nitrogen and oxygen atoms in total. The maximum atomic E-state index is 5.22. The maximum absolute atomic E-state index is 5.22. The molecule has 0 aliphatic rings. The maximum Gasteiger partial charge on any atom is 0.165 e. The molecule has 0 saturated carbocycles. The second-order valence-corrected chi connectivity index (χ2v) is 14.3. The molecule has 0 N–H and O–H groups in total. The van der Waals surface area contributed by atoms with Crippen LogP contribution < -0.4 is 0 Å². The highest BCUT2D eigenvalue weighted by Crippen LogP contribution is 2.40. The predicted molar refractivity (Wildman–Crippen MR) is 223 cm³/mol. The first-order valence-corrected chi connectivity index (χ1v) is 18.6. The van der Waals surface area contributed by atoms with E-state index in [1.807, 2.05) is 0 Å². The smallest absolute Gasteiger partial charge is 0.165 e. The van der Waals surface area contributed by atoms with Crippen LogP contribution in [0.3, 0.4) is 0 Å². The summed E-state index contributed by atoms with van der Waals surface area (Å²) in [6, 6.07) is 66.4. The lowest BCUT2D eigenvalue weighted by atomic mass is 9.96. The van der Waals surface area contributed by atoms with Gasteiger partial charge in [0.2, 0.25) is 0 Å². The minimum atomic E-state index is 0.644. The first-order valence-electron chi connectivity index (χ1n) is 17.8. The van der Waals surface area contributed by atoms with Crippen molar-refractivity contribution < 1.29 is 0 Å². The summed E-state index contributed by atoms with van der Waals surface area (Å²) in [4.78, 5) is 15.6. The van der Waals surface area contributed by atoms with Crippen molar-refractivity contribution in [3.8, 4) is 67.5 Å². The van der Waals surface area contributed by atoms with Gasteiger partial charge in [-0.2, -0.15) is 0 Å². The van der Waals surface area contributed by atoms with Crippen LogP contribution >= 0.6 is 11.3 Å². The van der Waals surface area contributed by atoms with Gasteiger partial charge in [0, 0.05) is 36.9 Å². The Morgan fingerprint density at radius 3 is 1.57 bits per heavy atom. The zero-order chi connectivity index (χ0) is 35.1. The molecule has 8 aromatic carbocycles.